The van der Waals surface area contributed by atoms with Gasteiger partial charge < -0.3 is 15.9 Å². The topological polar surface area (TPSA) is 66.5 Å². The van der Waals surface area contributed by atoms with Crippen molar-refractivity contribution in [1.29, 1.82) is 0 Å². The molecule has 0 radical (unpaired) electrons. The summed E-state index contributed by atoms with van der Waals surface area (Å²) in [7, 11) is 0. The van der Waals surface area contributed by atoms with Gasteiger partial charge in [-0.15, -0.1) is 0 Å². The second-order valence-electron chi connectivity index (χ2n) is 3.29. The van der Waals surface area contributed by atoms with Gasteiger partial charge in [0.2, 0.25) is 0 Å². The first kappa shape index (κ1) is 10.2. The zero-order chi connectivity index (χ0) is 9.90. The highest BCUT2D eigenvalue weighted by atomic mass is 16.3. The molecule has 4 N–H and O–H groups in total. The van der Waals surface area contributed by atoms with Crippen LogP contribution < -0.4 is 5.73 Å². The molecule has 0 aliphatic carbocycles. The fraction of sp³-hybridized carbons (Fsp3) is 0.400. The molecule has 0 amide bonds. The third-order valence-corrected chi connectivity index (χ3v) is 2.25. The molecule has 1 aromatic carbocycles. The molecular formula is C10H15NO2. The monoisotopic (exact) mass is 181 g/mol. The van der Waals surface area contributed by atoms with Gasteiger partial charge >= 0.3 is 0 Å². The van der Waals surface area contributed by atoms with E-state index in [0.717, 1.165) is 11.1 Å². The van der Waals surface area contributed by atoms with Crippen LogP contribution in [0.15, 0.2) is 24.3 Å². The first-order chi connectivity index (χ1) is 6.14. The van der Waals surface area contributed by atoms with Gasteiger partial charge in [0.15, 0.2) is 0 Å². The highest BCUT2D eigenvalue weighted by Crippen LogP contribution is 2.20. The summed E-state index contributed by atoms with van der Waals surface area (Å²) in [6.45, 7) is 1.39. The fourth-order valence-electron chi connectivity index (χ4n) is 1.35. The molecule has 0 atom stereocenters. The quantitative estimate of drug-likeness (QED) is 0.621. The molecule has 0 bridgehead atoms. The first-order valence-corrected chi connectivity index (χ1v) is 4.21. The van der Waals surface area contributed by atoms with Gasteiger partial charge in [-0.1, -0.05) is 24.3 Å². The maximum Gasteiger partial charge on any atom is 0.0880 e. The maximum atomic E-state index is 9.08. The number of hydrogen-bond acceptors (Lipinski definition) is 3. The largest absolute Gasteiger partial charge is 0.394 e. The molecule has 13 heavy (non-hydrogen) atoms. The van der Waals surface area contributed by atoms with E-state index >= 15 is 0 Å². The predicted molar refractivity (Wildman–Crippen MR) is 51.2 cm³/mol. The SMILES string of the molecule is Cc1ccccc1C(N)(CO)CO. The summed E-state index contributed by atoms with van der Waals surface area (Å²) in [5, 5.41) is 18.2. The molecule has 0 aromatic heterocycles. The van der Waals surface area contributed by atoms with E-state index in [0.29, 0.717) is 0 Å². The lowest BCUT2D eigenvalue weighted by Crippen LogP contribution is -2.44. The lowest BCUT2D eigenvalue weighted by atomic mass is 9.89. The van der Waals surface area contributed by atoms with Crippen LogP contribution in [0.2, 0.25) is 0 Å². The van der Waals surface area contributed by atoms with Crippen molar-refractivity contribution in [3.05, 3.63) is 35.4 Å². The molecule has 0 saturated heterocycles. The molecule has 0 fully saturated rings. The van der Waals surface area contributed by atoms with Crippen LogP contribution in [0.1, 0.15) is 11.1 Å². The maximum absolute atomic E-state index is 9.08. The van der Waals surface area contributed by atoms with E-state index in [9.17, 15) is 0 Å². The summed E-state index contributed by atoms with van der Waals surface area (Å²) >= 11 is 0. The van der Waals surface area contributed by atoms with Gasteiger partial charge in [-0.2, -0.15) is 0 Å². The van der Waals surface area contributed by atoms with Crippen LogP contribution >= 0.6 is 0 Å². The van der Waals surface area contributed by atoms with E-state index in [2.05, 4.69) is 0 Å². The van der Waals surface area contributed by atoms with Gasteiger partial charge in [-0.25, -0.2) is 0 Å². The molecule has 0 spiro atoms. The van der Waals surface area contributed by atoms with Crippen molar-refractivity contribution in [3.8, 4) is 0 Å². The molecule has 1 rings (SSSR count). The van der Waals surface area contributed by atoms with Gasteiger partial charge in [0.25, 0.3) is 0 Å². The summed E-state index contributed by atoms with van der Waals surface area (Å²) in [4.78, 5) is 0. The lowest BCUT2D eigenvalue weighted by Gasteiger charge is -2.26. The van der Waals surface area contributed by atoms with E-state index in [1.54, 1.807) is 0 Å². The highest BCUT2D eigenvalue weighted by molar-refractivity contribution is 5.32. The van der Waals surface area contributed by atoms with Crippen LogP contribution in [0.25, 0.3) is 0 Å². The Morgan fingerprint density at radius 3 is 2.23 bits per heavy atom. The van der Waals surface area contributed by atoms with Crippen molar-refractivity contribution in [1.82, 2.24) is 0 Å². The molecule has 72 valence electrons. The van der Waals surface area contributed by atoms with Crippen molar-refractivity contribution >= 4 is 0 Å². The van der Waals surface area contributed by atoms with Crippen LogP contribution in [0.4, 0.5) is 0 Å². The smallest absolute Gasteiger partial charge is 0.0880 e. The number of aryl methyl sites for hydroxylation is 1. The Kier molecular flexibility index (Phi) is 3.03. The Labute approximate surface area is 77.8 Å². The molecule has 0 unspecified atom stereocenters. The number of benzene rings is 1. The normalized spacial score (nSPS) is 11.7. The standard InChI is InChI=1S/C10H15NO2/c1-8-4-2-3-5-9(8)10(11,6-12)7-13/h2-5,12-13H,6-7,11H2,1H3. The molecule has 0 aliphatic rings. The van der Waals surface area contributed by atoms with Crippen LogP contribution in [-0.4, -0.2) is 23.4 Å². The van der Waals surface area contributed by atoms with Crippen molar-refractivity contribution in [2.45, 2.75) is 12.5 Å². The third-order valence-electron chi connectivity index (χ3n) is 2.25. The second kappa shape index (κ2) is 3.87. The summed E-state index contributed by atoms with van der Waals surface area (Å²) in [6, 6.07) is 7.47. The third kappa shape index (κ3) is 1.88. The van der Waals surface area contributed by atoms with Gasteiger partial charge in [0.1, 0.15) is 0 Å². The van der Waals surface area contributed by atoms with Crippen LogP contribution in [-0.2, 0) is 5.54 Å². The Hall–Kier alpha value is -0.900. The average Bonchev–Trinajstić information content (AvgIpc) is 2.17. The van der Waals surface area contributed by atoms with Crippen molar-refractivity contribution in [3.63, 3.8) is 0 Å². The number of rotatable bonds is 3. The van der Waals surface area contributed by atoms with Gasteiger partial charge in [0, 0.05) is 0 Å². The van der Waals surface area contributed by atoms with E-state index in [1.807, 2.05) is 31.2 Å². The molecular weight excluding hydrogens is 166 g/mol. The summed E-state index contributed by atoms with van der Waals surface area (Å²) in [5.74, 6) is 0. The zero-order valence-corrected chi connectivity index (χ0v) is 7.70. The molecule has 0 saturated carbocycles. The van der Waals surface area contributed by atoms with Gasteiger partial charge in [-0.05, 0) is 18.1 Å². The number of hydrogen-bond donors (Lipinski definition) is 3. The molecule has 0 aliphatic heterocycles. The summed E-state index contributed by atoms with van der Waals surface area (Å²) in [5.41, 5.74) is 6.57. The van der Waals surface area contributed by atoms with Crippen molar-refractivity contribution < 1.29 is 10.2 Å². The van der Waals surface area contributed by atoms with E-state index in [-0.39, 0.29) is 13.2 Å². The average molecular weight is 181 g/mol. The Morgan fingerprint density at radius 1 is 1.23 bits per heavy atom. The summed E-state index contributed by atoms with van der Waals surface area (Å²) in [6.07, 6.45) is 0. The Bertz CT molecular complexity index is 282. The van der Waals surface area contributed by atoms with Crippen LogP contribution in [0.5, 0.6) is 0 Å². The Morgan fingerprint density at radius 2 is 1.77 bits per heavy atom. The van der Waals surface area contributed by atoms with Crippen molar-refractivity contribution in [2.24, 2.45) is 5.73 Å². The number of nitrogens with two attached hydrogens (primary N) is 1. The van der Waals surface area contributed by atoms with E-state index < -0.39 is 5.54 Å². The molecule has 1 aromatic rings. The molecule has 3 heteroatoms. The van der Waals surface area contributed by atoms with Gasteiger partial charge in [0.05, 0.1) is 18.8 Å². The summed E-state index contributed by atoms with van der Waals surface area (Å²) < 4.78 is 0. The lowest BCUT2D eigenvalue weighted by molar-refractivity contribution is 0.120. The zero-order valence-electron chi connectivity index (χ0n) is 7.70. The van der Waals surface area contributed by atoms with E-state index in [4.69, 9.17) is 15.9 Å². The van der Waals surface area contributed by atoms with Crippen LogP contribution in [0, 0.1) is 6.92 Å². The highest BCUT2D eigenvalue weighted by Gasteiger charge is 2.26. The van der Waals surface area contributed by atoms with E-state index in [1.165, 1.54) is 0 Å². The first-order valence-electron chi connectivity index (χ1n) is 4.21. The van der Waals surface area contributed by atoms with Gasteiger partial charge in [-0.3, -0.25) is 0 Å². The predicted octanol–water partition coefficient (Wildman–Crippen LogP) is 0.134. The fourth-order valence-corrected chi connectivity index (χ4v) is 1.35. The Balaban J connectivity index is 3.12. The minimum atomic E-state index is -1.02. The minimum absolute atomic E-state index is 0.256. The molecule has 0 heterocycles. The molecule has 3 nitrogen and oxygen atoms in total. The van der Waals surface area contributed by atoms with Crippen molar-refractivity contribution in [2.75, 3.05) is 13.2 Å². The van der Waals surface area contributed by atoms with Crippen LogP contribution in [0.3, 0.4) is 0 Å². The second-order valence-corrected chi connectivity index (χ2v) is 3.29. The number of aliphatic hydroxyl groups is 2. The number of aliphatic hydroxyl groups excluding tert-OH is 2. The minimum Gasteiger partial charge on any atom is -0.394 e.